The second kappa shape index (κ2) is 8.36. The molecule has 2 rings (SSSR count). The van der Waals surface area contributed by atoms with Crippen molar-refractivity contribution in [2.75, 3.05) is 7.05 Å². The van der Waals surface area contributed by atoms with Gasteiger partial charge in [0.25, 0.3) is 5.91 Å². The third kappa shape index (κ3) is 4.99. The van der Waals surface area contributed by atoms with Crippen molar-refractivity contribution in [2.24, 2.45) is 0 Å². The summed E-state index contributed by atoms with van der Waals surface area (Å²) >= 11 is 5.96. The number of hydrogen-bond donors (Lipinski definition) is 3. The molecule has 0 spiro atoms. The Morgan fingerprint density at radius 2 is 1.83 bits per heavy atom. The van der Waals surface area contributed by atoms with E-state index in [1.807, 2.05) is 37.3 Å². The van der Waals surface area contributed by atoms with Gasteiger partial charge in [-0.15, -0.1) is 0 Å². The lowest BCUT2D eigenvalue weighted by Gasteiger charge is -2.15. The maximum Gasteiger partial charge on any atom is 0.315 e. The van der Waals surface area contributed by atoms with Gasteiger partial charge < -0.3 is 16.0 Å². The normalized spacial score (nSPS) is 11.5. The SMILES string of the molecule is CNC(=O)c1ccc(CNC(=O)NC(C)c2cccc(Cl)c2)cc1. The fourth-order valence-corrected chi connectivity index (χ4v) is 2.41. The second-order valence-corrected chi connectivity index (χ2v) is 5.82. The van der Waals surface area contributed by atoms with E-state index in [-0.39, 0.29) is 18.0 Å². The number of hydrogen-bond acceptors (Lipinski definition) is 2. The summed E-state index contributed by atoms with van der Waals surface area (Å²) in [5, 5.41) is 8.85. The van der Waals surface area contributed by atoms with Crippen molar-refractivity contribution in [3.05, 3.63) is 70.2 Å². The fourth-order valence-electron chi connectivity index (χ4n) is 2.21. The van der Waals surface area contributed by atoms with Crippen LogP contribution < -0.4 is 16.0 Å². The number of carbonyl (C=O) groups is 2. The number of nitrogens with one attached hydrogen (secondary N) is 3. The van der Waals surface area contributed by atoms with Crippen LogP contribution in [-0.2, 0) is 6.54 Å². The maximum absolute atomic E-state index is 12.0. The molecule has 1 atom stereocenters. The van der Waals surface area contributed by atoms with Crippen LogP contribution >= 0.6 is 11.6 Å². The lowest BCUT2D eigenvalue weighted by atomic mass is 10.1. The summed E-state index contributed by atoms with van der Waals surface area (Å²) in [4.78, 5) is 23.5. The van der Waals surface area contributed by atoms with Gasteiger partial charge in [0, 0.05) is 24.2 Å². The van der Waals surface area contributed by atoms with Gasteiger partial charge in [-0.1, -0.05) is 35.9 Å². The molecule has 0 bridgehead atoms. The number of halogens is 1. The lowest BCUT2D eigenvalue weighted by molar-refractivity contribution is 0.0963. The van der Waals surface area contributed by atoms with Crippen LogP contribution in [-0.4, -0.2) is 19.0 Å². The average Bonchev–Trinajstić information content (AvgIpc) is 2.59. The van der Waals surface area contributed by atoms with Gasteiger partial charge in [0.2, 0.25) is 0 Å². The molecule has 1 unspecified atom stereocenters. The molecule has 0 aliphatic heterocycles. The van der Waals surface area contributed by atoms with Gasteiger partial charge in [0.1, 0.15) is 0 Å². The highest BCUT2D eigenvalue weighted by Crippen LogP contribution is 2.17. The first-order valence-corrected chi connectivity index (χ1v) is 7.98. The Balaban J connectivity index is 1.85. The quantitative estimate of drug-likeness (QED) is 0.778. The summed E-state index contributed by atoms with van der Waals surface area (Å²) in [5.41, 5.74) is 2.43. The average molecular weight is 346 g/mol. The van der Waals surface area contributed by atoms with Gasteiger partial charge >= 0.3 is 6.03 Å². The molecule has 5 nitrogen and oxygen atoms in total. The van der Waals surface area contributed by atoms with Crippen LogP contribution in [0.1, 0.15) is 34.5 Å². The molecule has 24 heavy (non-hydrogen) atoms. The molecule has 0 fully saturated rings. The highest BCUT2D eigenvalue weighted by atomic mass is 35.5. The highest BCUT2D eigenvalue weighted by Gasteiger charge is 2.09. The van der Waals surface area contributed by atoms with Crippen molar-refractivity contribution in [3.63, 3.8) is 0 Å². The molecule has 0 heterocycles. The Morgan fingerprint density at radius 1 is 1.12 bits per heavy atom. The van der Waals surface area contributed by atoms with Gasteiger partial charge in [0.15, 0.2) is 0 Å². The Hall–Kier alpha value is -2.53. The van der Waals surface area contributed by atoms with Crippen molar-refractivity contribution in [3.8, 4) is 0 Å². The summed E-state index contributed by atoms with van der Waals surface area (Å²) in [5.74, 6) is -0.136. The number of amides is 3. The monoisotopic (exact) mass is 345 g/mol. The minimum absolute atomic E-state index is 0.136. The summed E-state index contributed by atoms with van der Waals surface area (Å²) < 4.78 is 0. The van der Waals surface area contributed by atoms with Gasteiger partial charge in [-0.3, -0.25) is 4.79 Å². The van der Waals surface area contributed by atoms with Crippen LogP contribution in [0.2, 0.25) is 5.02 Å². The molecule has 126 valence electrons. The molecular formula is C18H20ClN3O2. The zero-order chi connectivity index (χ0) is 17.5. The van der Waals surface area contributed by atoms with Crippen LogP contribution in [0.5, 0.6) is 0 Å². The van der Waals surface area contributed by atoms with E-state index in [0.717, 1.165) is 11.1 Å². The Kier molecular flexibility index (Phi) is 6.21. The molecule has 3 amide bonds. The predicted molar refractivity (Wildman–Crippen MR) is 95.1 cm³/mol. The van der Waals surface area contributed by atoms with E-state index < -0.39 is 0 Å². The fraction of sp³-hybridized carbons (Fsp3) is 0.222. The molecule has 0 aliphatic rings. The van der Waals surface area contributed by atoms with Crippen molar-refractivity contribution in [1.82, 2.24) is 16.0 Å². The van der Waals surface area contributed by atoms with E-state index in [4.69, 9.17) is 11.6 Å². The van der Waals surface area contributed by atoms with E-state index in [1.165, 1.54) is 0 Å². The van der Waals surface area contributed by atoms with Gasteiger partial charge in [0.05, 0.1) is 6.04 Å². The molecule has 2 aromatic carbocycles. The molecule has 0 radical (unpaired) electrons. The third-order valence-electron chi connectivity index (χ3n) is 3.59. The standard InChI is InChI=1S/C18H20ClN3O2/c1-12(15-4-3-5-16(19)10-15)22-18(24)21-11-13-6-8-14(9-7-13)17(23)20-2/h3-10,12H,11H2,1-2H3,(H,20,23)(H2,21,22,24). The first-order valence-electron chi connectivity index (χ1n) is 7.60. The summed E-state index contributed by atoms with van der Waals surface area (Å²) in [6.45, 7) is 2.27. The minimum atomic E-state index is -0.266. The van der Waals surface area contributed by atoms with E-state index in [0.29, 0.717) is 17.1 Å². The first-order chi connectivity index (χ1) is 11.5. The zero-order valence-corrected chi connectivity index (χ0v) is 14.4. The van der Waals surface area contributed by atoms with E-state index in [9.17, 15) is 9.59 Å². The molecule has 0 aliphatic carbocycles. The molecule has 0 saturated carbocycles. The maximum atomic E-state index is 12.0. The van der Waals surface area contributed by atoms with Crippen molar-refractivity contribution in [1.29, 1.82) is 0 Å². The summed E-state index contributed by atoms with van der Waals surface area (Å²) in [6, 6.07) is 14.0. The largest absolute Gasteiger partial charge is 0.355 e. The Morgan fingerprint density at radius 3 is 2.46 bits per heavy atom. The van der Waals surface area contributed by atoms with E-state index >= 15 is 0 Å². The summed E-state index contributed by atoms with van der Waals surface area (Å²) in [7, 11) is 1.59. The van der Waals surface area contributed by atoms with Crippen LogP contribution in [0.15, 0.2) is 48.5 Å². The smallest absolute Gasteiger partial charge is 0.315 e. The van der Waals surface area contributed by atoms with Crippen molar-refractivity contribution >= 4 is 23.5 Å². The summed E-state index contributed by atoms with van der Waals surface area (Å²) in [6.07, 6.45) is 0. The van der Waals surface area contributed by atoms with Crippen LogP contribution in [0.4, 0.5) is 4.79 Å². The van der Waals surface area contributed by atoms with Gasteiger partial charge in [-0.2, -0.15) is 0 Å². The van der Waals surface area contributed by atoms with Crippen molar-refractivity contribution < 1.29 is 9.59 Å². The predicted octanol–water partition coefficient (Wildman–Crippen LogP) is 3.26. The number of urea groups is 1. The van der Waals surface area contributed by atoms with Crippen LogP contribution in [0, 0.1) is 0 Å². The topological polar surface area (TPSA) is 70.2 Å². The van der Waals surface area contributed by atoms with Crippen LogP contribution in [0.3, 0.4) is 0 Å². The zero-order valence-electron chi connectivity index (χ0n) is 13.6. The molecular weight excluding hydrogens is 326 g/mol. The third-order valence-corrected chi connectivity index (χ3v) is 3.83. The lowest BCUT2D eigenvalue weighted by Crippen LogP contribution is -2.36. The number of carbonyl (C=O) groups excluding carboxylic acids is 2. The highest BCUT2D eigenvalue weighted by molar-refractivity contribution is 6.30. The molecule has 6 heteroatoms. The second-order valence-electron chi connectivity index (χ2n) is 5.38. The number of rotatable bonds is 5. The van der Waals surface area contributed by atoms with Gasteiger partial charge in [-0.25, -0.2) is 4.79 Å². The minimum Gasteiger partial charge on any atom is -0.355 e. The van der Waals surface area contributed by atoms with Gasteiger partial charge in [-0.05, 0) is 42.3 Å². The van der Waals surface area contributed by atoms with E-state index in [2.05, 4.69) is 16.0 Å². The van der Waals surface area contributed by atoms with Crippen molar-refractivity contribution in [2.45, 2.75) is 19.5 Å². The molecule has 0 saturated heterocycles. The Labute approximate surface area is 146 Å². The molecule has 3 N–H and O–H groups in total. The number of benzene rings is 2. The molecule has 2 aromatic rings. The molecule has 0 aromatic heterocycles. The van der Waals surface area contributed by atoms with Crippen LogP contribution in [0.25, 0.3) is 0 Å². The van der Waals surface area contributed by atoms with E-state index in [1.54, 1.807) is 25.2 Å². The Bertz CT molecular complexity index is 716. The first kappa shape index (κ1) is 17.8.